The summed E-state index contributed by atoms with van der Waals surface area (Å²) in [4.78, 5) is 0. The second-order valence-electron chi connectivity index (χ2n) is 8.42. The van der Waals surface area contributed by atoms with E-state index in [0.717, 1.165) is 28.4 Å². The van der Waals surface area contributed by atoms with Gasteiger partial charge in [0.1, 0.15) is 37.1 Å². The highest BCUT2D eigenvalue weighted by Crippen LogP contribution is 2.25. The van der Waals surface area contributed by atoms with Crippen LogP contribution in [0, 0.1) is 0 Å². The Hall–Kier alpha value is -3.20. The zero-order valence-corrected chi connectivity index (χ0v) is 20.3. The molecule has 2 aromatic rings. The molecule has 3 nitrogen and oxygen atoms in total. The maximum Gasteiger partial charge on any atom is 0.124 e. The molecule has 0 bridgehead atoms. The summed E-state index contributed by atoms with van der Waals surface area (Å²) in [7, 11) is 0. The van der Waals surface area contributed by atoms with E-state index in [1.54, 1.807) is 0 Å². The van der Waals surface area contributed by atoms with Gasteiger partial charge in [0.15, 0.2) is 0 Å². The van der Waals surface area contributed by atoms with Crippen molar-refractivity contribution in [1.29, 1.82) is 0 Å². The minimum atomic E-state index is 0.539. The van der Waals surface area contributed by atoms with Crippen LogP contribution in [0.3, 0.4) is 0 Å². The lowest BCUT2D eigenvalue weighted by Crippen LogP contribution is -1.98. The van der Waals surface area contributed by atoms with Crippen LogP contribution in [0.5, 0.6) is 17.2 Å². The molecule has 0 heterocycles. The average molecular weight is 433 g/mol. The summed E-state index contributed by atoms with van der Waals surface area (Å²) >= 11 is 0. The van der Waals surface area contributed by atoms with Gasteiger partial charge in [-0.15, -0.1) is 0 Å². The average Bonchev–Trinajstić information content (AvgIpc) is 2.72. The Morgan fingerprint density at radius 2 is 0.938 bits per heavy atom. The number of hydrogen-bond donors (Lipinski definition) is 0. The molecule has 170 valence electrons. The first-order chi connectivity index (χ1) is 15.3. The highest BCUT2D eigenvalue weighted by atomic mass is 16.5. The Balaban J connectivity index is 2.13. The molecule has 0 aliphatic rings. The lowest BCUT2D eigenvalue weighted by molar-refractivity contribution is 0.344. The van der Waals surface area contributed by atoms with Crippen molar-refractivity contribution in [2.45, 2.75) is 41.5 Å². The SMILES string of the molecule is CC(C)=CCOc1ccc(/C=C/c2cc(OCC=C(C)C)cc(OCC=C(C)C)c2)cc1. The summed E-state index contributed by atoms with van der Waals surface area (Å²) in [5.41, 5.74) is 5.84. The second-order valence-corrected chi connectivity index (χ2v) is 8.42. The van der Waals surface area contributed by atoms with Crippen molar-refractivity contribution in [2.24, 2.45) is 0 Å². The molecular formula is C29H36O3. The number of allylic oxidation sites excluding steroid dienone is 3. The monoisotopic (exact) mass is 432 g/mol. The van der Waals surface area contributed by atoms with Gasteiger partial charge in [0.05, 0.1) is 0 Å². The summed E-state index contributed by atoms with van der Waals surface area (Å²) in [6, 6.07) is 14.1. The van der Waals surface area contributed by atoms with E-state index in [1.165, 1.54) is 16.7 Å². The summed E-state index contributed by atoms with van der Waals surface area (Å²) in [5, 5.41) is 0. The molecule has 2 aromatic carbocycles. The van der Waals surface area contributed by atoms with Crippen LogP contribution in [0.25, 0.3) is 12.2 Å². The minimum Gasteiger partial charge on any atom is -0.490 e. The fourth-order valence-electron chi connectivity index (χ4n) is 2.64. The van der Waals surface area contributed by atoms with Crippen molar-refractivity contribution in [2.75, 3.05) is 19.8 Å². The van der Waals surface area contributed by atoms with Gasteiger partial charge in [0.2, 0.25) is 0 Å². The predicted molar refractivity (Wildman–Crippen MR) is 137 cm³/mol. The molecule has 0 saturated carbocycles. The van der Waals surface area contributed by atoms with Gasteiger partial charge in [-0.2, -0.15) is 0 Å². The largest absolute Gasteiger partial charge is 0.490 e. The molecule has 0 aromatic heterocycles. The Kier molecular flexibility index (Phi) is 10.4. The van der Waals surface area contributed by atoms with Crippen LogP contribution in [0.4, 0.5) is 0 Å². The van der Waals surface area contributed by atoms with Crippen molar-refractivity contribution in [3.05, 3.63) is 88.5 Å². The maximum absolute atomic E-state index is 5.92. The van der Waals surface area contributed by atoms with Gasteiger partial charge in [-0.05, 0) is 95.2 Å². The van der Waals surface area contributed by atoms with E-state index < -0.39 is 0 Å². The molecule has 0 fully saturated rings. The van der Waals surface area contributed by atoms with Crippen molar-refractivity contribution in [3.63, 3.8) is 0 Å². The fraction of sp³-hybridized carbons (Fsp3) is 0.310. The molecule has 0 aliphatic carbocycles. The molecule has 0 amide bonds. The second kappa shape index (κ2) is 13.3. The molecule has 32 heavy (non-hydrogen) atoms. The Labute approximate surface area is 193 Å². The molecule has 0 radical (unpaired) electrons. The first-order valence-electron chi connectivity index (χ1n) is 11.0. The molecule has 3 heteroatoms. The van der Waals surface area contributed by atoms with E-state index in [-0.39, 0.29) is 0 Å². The van der Waals surface area contributed by atoms with Crippen LogP contribution >= 0.6 is 0 Å². The van der Waals surface area contributed by atoms with Gasteiger partial charge in [-0.25, -0.2) is 0 Å². The number of ether oxygens (including phenoxy) is 3. The molecule has 0 aliphatic heterocycles. The van der Waals surface area contributed by atoms with Crippen molar-refractivity contribution in [1.82, 2.24) is 0 Å². The standard InChI is InChI=1S/C29H36O3/c1-22(2)13-16-30-27-11-9-25(10-12-27)7-8-26-19-28(31-17-14-23(3)4)21-29(20-26)32-18-15-24(5)6/h7-15,19-21H,16-18H2,1-6H3/b8-7+. The van der Waals surface area contributed by atoms with Crippen LogP contribution in [0.1, 0.15) is 52.7 Å². The van der Waals surface area contributed by atoms with Crippen molar-refractivity contribution >= 4 is 12.2 Å². The molecular weight excluding hydrogens is 396 g/mol. The number of benzene rings is 2. The van der Waals surface area contributed by atoms with Gasteiger partial charge in [-0.1, -0.05) is 41.0 Å². The molecule has 0 atom stereocenters. The van der Waals surface area contributed by atoms with E-state index in [9.17, 15) is 0 Å². The van der Waals surface area contributed by atoms with Crippen molar-refractivity contribution in [3.8, 4) is 17.2 Å². The van der Waals surface area contributed by atoms with Gasteiger partial charge >= 0.3 is 0 Å². The van der Waals surface area contributed by atoms with Gasteiger partial charge in [0, 0.05) is 6.07 Å². The predicted octanol–water partition coefficient (Wildman–Crippen LogP) is 7.89. The van der Waals surface area contributed by atoms with Crippen LogP contribution in [-0.2, 0) is 0 Å². The van der Waals surface area contributed by atoms with E-state index in [4.69, 9.17) is 14.2 Å². The Morgan fingerprint density at radius 3 is 1.38 bits per heavy atom. The van der Waals surface area contributed by atoms with Crippen LogP contribution in [0.2, 0.25) is 0 Å². The molecule has 0 unspecified atom stereocenters. The lowest BCUT2D eigenvalue weighted by Gasteiger charge is -2.10. The molecule has 0 saturated heterocycles. The fourth-order valence-corrected chi connectivity index (χ4v) is 2.64. The van der Waals surface area contributed by atoms with Gasteiger partial charge < -0.3 is 14.2 Å². The summed E-state index contributed by atoms with van der Waals surface area (Å²) in [6.45, 7) is 14.1. The third kappa shape index (κ3) is 10.2. The normalized spacial score (nSPS) is 10.4. The quantitative estimate of drug-likeness (QED) is 0.267. The summed E-state index contributed by atoms with van der Waals surface area (Å²) < 4.78 is 17.6. The zero-order valence-electron chi connectivity index (χ0n) is 20.3. The third-order valence-corrected chi connectivity index (χ3v) is 4.48. The Morgan fingerprint density at radius 1 is 0.531 bits per heavy atom. The first-order valence-corrected chi connectivity index (χ1v) is 11.0. The number of rotatable bonds is 11. The molecule has 2 rings (SSSR count). The van der Waals surface area contributed by atoms with Gasteiger partial charge in [0.25, 0.3) is 0 Å². The van der Waals surface area contributed by atoms with E-state index in [1.807, 2.05) is 30.3 Å². The van der Waals surface area contributed by atoms with E-state index in [0.29, 0.717) is 19.8 Å². The first kappa shape index (κ1) is 25.1. The lowest BCUT2D eigenvalue weighted by atomic mass is 10.1. The van der Waals surface area contributed by atoms with E-state index in [2.05, 4.69) is 84.1 Å². The maximum atomic E-state index is 5.92. The van der Waals surface area contributed by atoms with Gasteiger partial charge in [-0.3, -0.25) is 0 Å². The topological polar surface area (TPSA) is 27.7 Å². The summed E-state index contributed by atoms with van der Waals surface area (Å²) in [6.07, 6.45) is 10.3. The highest BCUT2D eigenvalue weighted by Gasteiger charge is 2.02. The zero-order chi connectivity index (χ0) is 23.3. The Bertz CT molecular complexity index is 924. The number of hydrogen-bond acceptors (Lipinski definition) is 3. The highest BCUT2D eigenvalue weighted by molar-refractivity contribution is 5.71. The smallest absolute Gasteiger partial charge is 0.124 e. The van der Waals surface area contributed by atoms with Crippen molar-refractivity contribution < 1.29 is 14.2 Å². The molecule has 0 spiro atoms. The van der Waals surface area contributed by atoms with Crippen LogP contribution in [0.15, 0.2) is 77.4 Å². The minimum absolute atomic E-state index is 0.539. The third-order valence-electron chi connectivity index (χ3n) is 4.48. The molecule has 0 N–H and O–H groups in total. The van der Waals surface area contributed by atoms with Crippen LogP contribution in [-0.4, -0.2) is 19.8 Å². The van der Waals surface area contributed by atoms with Crippen LogP contribution < -0.4 is 14.2 Å². The van der Waals surface area contributed by atoms with E-state index >= 15 is 0 Å². The summed E-state index contributed by atoms with van der Waals surface area (Å²) in [5.74, 6) is 2.45.